The van der Waals surface area contributed by atoms with Crippen molar-refractivity contribution < 1.29 is 9.53 Å². The summed E-state index contributed by atoms with van der Waals surface area (Å²) in [4.78, 5) is 15.2. The summed E-state index contributed by atoms with van der Waals surface area (Å²) >= 11 is 0. The van der Waals surface area contributed by atoms with E-state index in [1.165, 1.54) is 25.1 Å². The molecule has 150 valence electrons. The van der Waals surface area contributed by atoms with Gasteiger partial charge in [0.1, 0.15) is 5.60 Å². The highest BCUT2D eigenvalue weighted by Crippen LogP contribution is 2.24. The first-order chi connectivity index (χ1) is 13.0. The molecule has 3 rings (SSSR count). The highest BCUT2D eigenvalue weighted by molar-refractivity contribution is 5.85. The Hall–Kier alpha value is -1.43. The number of ether oxygens (including phenoxy) is 1. The molecule has 0 aliphatic carbocycles. The van der Waals surface area contributed by atoms with Crippen LogP contribution in [0.15, 0.2) is 24.3 Å². The van der Waals surface area contributed by atoms with Crippen molar-refractivity contribution in [3.63, 3.8) is 0 Å². The summed E-state index contributed by atoms with van der Waals surface area (Å²) in [7, 11) is 1.64. The summed E-state index contributed by atoms with van der Waals surface area (Å²) in [5, 5.41) is 6.35. The second kappa shape index (κ2) is 9.18. The minimum atomic E-state index is -0.674. The second-order valence-electron chi connectivity index (χ2n) is 8.59. The zero-order valence-electron chi connectivity index (χ0n) is 17.1. The Morgan fingerprint density at radius 2 is 1.74 bits per heavy atom. The number of benzene rings is 1. The Balaban J connectivity index is 1.51. The van der Waals surface area contributed by atoms with Crippen LogP contribution in [-0.2, 0) is 22.6 Å². The molecule has 1 amide bonds. The number of methoxy groups -OCH3 is 1. The van der Waals surface area contributed by atoms with E-state index in [1.54, 1.807) is 7.11 Å². The Bertz CT molecular complexity index is 600. The first-order valence-electron chi connectivity index (χ1n) is 10.3. The Morgan fingerprint density at radius 3 is 2.33 bits per heavy atom. The molecule has 5 heteroatoms. The number of rotatable bonds is 6. The number of hydrogen-bond donors (Lipinski definition) is 2. The van der Waals surface area contributed by atoms with Gasteiger partial charge in [-0.2, -0.15) is 0 Å². The average Bonchev–Trinajstić information content (AvgIpc) is 2.67. The van der Waals surface area contributed by atoms with Gasteiger partial charge in [-0.15, -0.1) is 0 Å². The Labute approximate surface area is 163 Å². The van der Waals surface area contributed by atoms with Gasteiger partial charge in [-0.05, 0) is 55.3 Å². The molecule has 0 radical (unpaired) electrons. The number of carbonyl (C=O) groups is 1. The van der Waals surface area contributed by atoms with Crippen LogP contribution >= 0.6 is 0 Å². The molecular formula is C22H35N3O2. The smallest absolute Gasteiger partial charge is 0.252 e. The van der Waals surface area contributed by atoms with Gasteiger partial charge in [0, 0.05) is 33.3 Å². The van der Waals surface area contributed by atoms with Crippen molar-refractivity contribution in [2.75, 3.05) is 33.3 Å². The lowest BCUT2D eigenvalue weighted by Crippen LogP contribution is -2.53. The fourth-order valence-corrected chi connectivity index (χ4v) is 4.64. The van der Waals surface area contributed by atoms with E-state index in [4.69, 9.17) is 4.74 Å². The van der Waals surface area contributed by atoms with Crippen LogP contribution in [-0.4, -0.2) is 49.7 Å². The fourth-order valence-electron chi connectivity index (χ4n) is 4.64. The molecule has 2 aliphatic heterocycles. The molecule has 2 aliphatic rings. The fraction of sp³-hybridized carbons (Fsp3) is 0.682. The van der Waals surface area contributed by atoms with Crippen LogP contribution in [0.2, 0.25) is 0 Å². The maximum absolute atomic E-state index is 12.6. The van der Waals surface area contributed by atoms with Crippen molar-refractivity contribution in [1.82, 2.24) is 15.5 Å². The van der Waals surface area contributed by atoms with Gasteiger partial charge < -0.3 is 15.4 Å². The minimum absolute atomic E-state index is 0.00636. The average molecular weight is 374 g/mol. The summed E-state index contributed by atoms with van der Waals surface area (Å²) in [6.45, 7) is 10.3. The SMILES string of the molecule is COC1(C(=O)NCc2ccc(CN3CC(C)CC(C)C3)cc2)CCNCC1. The van der Waals surface area contributed by atoms with E-state index in [9.17, 15) is 4.79 Å². The van der Waals surface area contributed by atoms with Crippen molar-refractivity contribution in [2.45, 2.75) is 51.8 Å². The Kier molecular flexibility index (Phi) is 6.90. The minimum Gasteiger partial charge on any atom is -0.368 e. The lowest BCUT2D eigenvalue weighted by atomic mass is 9.91. The zero-order valence-corrected chi connectivity index (χ0v) is 17.1. The van der Waals surface area contributed by atoms with E-state index in [2.05, 4.69) is 53.6 Å². The van der Waals surface area contributed by atoms with Crippen LogP contribution in [0.3, 0.4) is 0 Å². The van der Waals surface area contributed by atoms with Crippen LogP contribution in [0.5, 0.6) is 0 Å². The van der Waals surface area contributed by atoms with E-state index in [0.717, 1.165) is 49.9 Å². The molecule has 1 aromatic carbocycles. The van der Waals surface area contributed by atoms with E-state index in [0.29, 0.717) is 6.54 Å². The van der Waals surface area contributed by atoms with E-state index < -0.39 is 5.60 Å². The third-order valence-electron chi connectivity index (χ3n) is 6.04. The molecule has 2 N–H and O–H groups in total. The number of piperidine rings is 2. The van der Waals surface area contributed by atoms with E-state index in [-0.39, 0.29) is 5.91 Å². The van der Waals surface area contributed by atoms with Gasteiger partial charge in [-0.25, -0.2) is 0 Å². The number of nitrogens with zero attached hydrogens (tertiary/aromatic N) is 1. The lowest BCUT2D eigenvalue weighted by Gasteiger charge is -2.35. The number of nitrogens with one attached hydrogen (secondary N) is 2. The number of likely N-dealkylation sites (tertiary alicyclic amines) is 1. The van der Waals surface area contributed by atoms with Gasteiger partial charge in [0.25, 0.3) is 5.91 Å². The summed E-state index contributed by atoms with van der Waals surface area (Å²) < 4.78 is 5.59. The molecular weight excluding hydrogens is 338 g/mol. The summed E-state index contributed by atoms with van der Waals surface area (Å²) in [5.74, 6) is 1.57. The number of hydrogen-bond acceptors (Lipinski definition) is 4. The van der Waals surface area contributed by atoms with Gasteiger partial charge in [0.2, 0.25) is 0 Å². The van der Waals surface area contributed by atoms with Crippen molar-refractivity contribution >= 4 is 5.91 Å². The van der Waals surface area contributed by atoms with E-state index in [1.807, 2.05) is 0 Å². The van der Waals surface area contributed by atoms with Crippen LogP contribution in [0.1, 0.15) is 44.2 Å². The van der Waals surface area contributed by atoms with Crippen LogP contribution in [0.4, 0.5) is 0 Å². The Morgan fingerprint density at radius 1 is 1.15 bits per heavy atom. The number of amides is 1. The lowest BCUT2D eigenvalue weighted by molar-refractivity contribution is -0.146. The van der Waals surface area contributed by atoms with E-state index >= 15 is 0 Å². The normalized spacial score (nSPS) is 25.9. The molecule has 0 spiro atoms. The summed E-state index contributed by atoms with van der Waals surface area (Å²) in [5.41, 5.74) is 1.80. The van der Waals surface area contributed by atoms with Crippen molar-refractivity contribution in [3.8, 4) is 0 Å². The van der Waals surface area contributed by atoms with Crippen LogP contribution in [0.25, 0.3) is 0 Å². The highest BCUT2D eigenvalue weighted by Gasteiger charge is 2.39. The van der Waals surface area contributed by atoms with Gasteiger partial charge in [0.15, 0.2) is 0 Å². The molecule has 2 saturated heterocycles. The largest absolute Gasteiger partial charge is 0.368 e. The van der Waals surface area contributed by atoms with Gasteiger partial charge in [-0.1, -0.05) is 38.1 Å². The quantitative estimate of drug-likeness (QED) is 0.805. The molecule has 0 bridgehead atoms. The molecule has 2 fully saturated rings. The topological polar surface area (TPSA) is 53.6 Å². The maximum Gasteiger partial charge on any atom is 0.252 e. The molecule has 0 saturated carbocycles. The first kappa shape index (κ1) is 20.3. The van der Waals surface area contributed by atoms with Gasteiger partial charge in [0.05, 0.1) is 0 Å². The van der Waals surface area contributed by atoms with Crippen molar-refractivity contribution in [2.24, 2.45) is 11.8 Å². The zero-order chi connectivity index (χ0) is 19.3. The molecule has 2 atom stereocenters. The summed E-state index contributed by atoms with van der Waals surface area (Å²) in [6.07, 6.45) is 2.79. The van der Waals surface area contributed by atoms with Crippen molar-refractivity contribution in [1.29, 1.82) is 0 Å². The standard InChI is InChI=1S/C22H35N3O2/c1-17-12-18(2)15-25(14-17)16-20-6-4-19(5-7-20)13-24-21(26)22(27-3)8-10-23-11-9-22/h4-7,17-18,23H,8-16H2,1-3H3,(H,24,26). The molecule has 2 unspecified atom stereocenters. The third-order valence-corrected chi connectivity index (χ3v) is 6.04. The van der Waals surface area contributed by atoms with Crippen molar-refractivity contribution in [3.05, 3.63) is 35.4 Å². The molecule has 5 nitrogen and oxygen atoms in total. The van der Waals surface area contributed by atoms with Crippen LogP contribution in [0, 0.1) is 11.8 Å². The molecule has 2 heterocycles. The summed E-state index contributed by atoms with van der Waals surface area (Å²) in [6, 6.07) is 8.66. The predicted octanol–water partition coefficient (Wildman–Crippen LogP) is 2.55. The molecule has 1 aromatic rings. The monoisotopic (exact) mass is 373 g/mol. The molecule has 27 heavy (non-hydrogen) atoms. The predicted molar refractivity (Wildman–Crippen MR) is 108 cm³/mol. The maximum atomic E-state index is 12.6. The number of carbonyl (C=O) groups excluding carboxylic acids is 1. The highest BCUT2D eigenvalue weighted by atomic mass is 16.5. The van der Waals surface area contributed by atoms with Gasteiger partial charge in [-0.3, -0.25) is 9.69 Å². The first-order valence-corrected chi connectivity index (χ1v) is 10.3. The third kappa shape index (κ3) is 5.31. The molecule has 0 aromatic heterocycles. The second-order valence-corrected chi connectivity index (χ2v) is 8.59. The van der Waals surface area contributed by atoms with Crippen LogP contribution < -0.4 is 10.6 Å². The van der Waals surface area contributed by atoms with Gasteiger partial charge >= 0.3 is 0 Å².